The molecule has 0 bridgehead atoms. The summed E-state index contributed by atoms with van der Waals surface area (Å²) < 4.78 is 40.2. The average molecular weight is 433 g/mol. The Morgan fingerprint density at radius 2 is 1.62 bits per heavy atom. The van der Waals surface area contributed by atoms with Crippen LogP contribution in [-0.4, -0.2) is 25.8 Å². The third kappa shape index (κ3) is 3.69. The number of alkyl halides is 3. The van der Waals surface area contributed by atoms with E-state index in [1.165, 1.54) is 10.6 Å². The zero-order chi connectivity index (χ0) is 22.3. The molecule has 0 aliphatic heterocycles. The Kier molecular flexibility index (Phi) is 4.86. The van der Waals surface area contributed by atoms with E-state index in [2.05, 4.69) is 10.2 Å². The van der Waals surface area contributed by atoms with Gasteiger partial charge in [0.25, 0.3) is 0 Å². The number of fused-ring (bicyclic) bond motifs is 3. The van der Waals surface area contributed by atoms with E-state index in [-0.39, 0.29) is 5.82 Å². The van der Waals surface area contributed by atoms with Crippen molar-refractivity contribution in [1.82, 2.24) is 19.6 Å². The summed E-state index contributed by atoms with van der Waals surface area (Å²) in [5.74, 6) is -0.155. The fraction of sp³-hybridized carbons (Fsp3) is 0.125. The molecule has 2 aromatic carbocycles. The Morgan fingerprint density at radius 1 is 0.875 bits per heavy atom. The number of rotatable bonds is 4. The molecule has 3 aromatic heterocycles. The van der Waals surface area contributed by atoms with E-state index in [9.17, 15) is 13.2 Å². The Bertz CT molecular complexity index is 1410. The van der Waals surface area contributed by atoms with Gasteiger partial charge in [-0.25, -0.2) is 4.98 Å². The highest BCUT2D eigenvalue weighted by atomic mass is 19.4. The molecule has 0 saturated heterocycles. The maximum atomic E-state index is 12.9. The molecule has 5 aromatic rings. The highest BCUT2D eigenvalue weighted by Gasteiger charge is 2.30. The molecule has 0 radical (unpaired) electrons. The minimum Gasteiger partial charge on any atom is -0.326 e. The van der Waals surface area contributed by atoms with Crippen LogP contribution >= 0.6 is 0 Å². The lowest BCUT2D eigenvalue weighted by Gasteiger charge is -2.13. The second-order valence-corrected chi connectivity index (χ2v) is 7.50. The maximum Gasteiger partial charge on any atom is 0.396 e. The van der Waals surface area contributed by atoms with Gasteiger partial charge in [-0.2, -0.15) is 13.2 Å². The van der Waals surface area contributed by atoms with Gasteiger partial charge in [0, 0.05) is 29.3 Å². The Morgan fingerprint density at radius 3 is 2.31 bits per heavy atom. The van der Waals surface area contributed by atoms with Gasteiger partial charge < -0.3 is 5.73 Å². The Labute approximate surface area is 181 Å². The van der Waals surface area contributed by atoms with Crippen LogP contribution < -0.4 is 5.73 Å². The van der Waals surface area contributed by atoms with Crippen LogP contribution in [0.2, 0.25) is 0 Å². The third-order valence-electron chi connectivity index (χ3n) is 5.35. The van der Waals surface area contributed by atoms with Gasteiger partial charge in [0.15, 0.2) is 5.65 Å². The first-order valence-electron chi connectivity index (χ1n) is 10.0. The summed E-state index contributed by atoms with van der Waals surface area (Å²) in [6, 6.07) is 21.2. The normalized spacial score (nSPS) is 12.0. The second-order valence-electron chi connectivity index (χ2n) is 7.50. The summed E-state index contributed by atoms with van der Waals surface area (Å²) in [6.07, 6.45) is -3.98. The lowest BCUT2D eigenvalue weighted by Crippen LogP contribution is -2.14. The number of pyridine rings is 2. The summed E-state index contributed by atoms with van der Waals surface area (Å²) in [5, 5.41) is 8.47. The number of hydrogen-bond donors (Lipinski definition) is 1. The zero-order valence-corrected chi connectivity index (χ0v) is 16.8. The minimum absolute atomic E-state index is 0.155. The molecule has 2 N–H and O–H groups in total. The predicted molar refractivity (Wildman–Crippen MR) is 117 cm³/mol. The SMILES string of the molecule is NCc1ccc(-c2nc3ccn4c(CC(F)(F)F)nnc4c3cc2-c2ccccc2)cc1. The molecule has 0 atom stereocenters. The van der Waals surface area contributed by atoms with E-state index >= 15 is 0 Å². The van der Waals surface area contributed by atoms with Crippen molar-refractivity contribution in [2.45, 2.75) is 19.1 Å². The van der Waals surface area contributed by atoms with Gasteiger partial charge in [-0.1, -0.05) is 54.6 Å². The van der Waals surface area contributed by atoms with Crippen LogP contribution in [0.4, 0.5) is 13.2 Å². The molecule has 0 amide bonds. The molecule has 5 rings (SSSR count). The van der Waals surface area contributed by atoms with E-state index in [4.69, 9.17) is 10.7 Å². The maximum absolute atomic E-state index is 12.9. The van der Waals surface area contributed by atoms with Crippen molar-refractivity contribution in [3.05, 3.63) is 84.3 Å². The molecular weight excluding hydrogens is 415 g/mol. The summed E-state index contributed by atoms with van der Waals surface area (Å²) in [6.45, 7) is 0.447. The van der Waals surface area contributed by atoms with Gasteiger partial charge in [0.2, 0.25) is 0 Å². The first-order valence-corrected chi connectivity index (χ1v) is 10.0. The Hall–Kier alpha value is -3.78. The van der Waals surface area contributed by atoms with Crippen molar-refractivity contribution < 1.29 is 13.2 Å². The first-order chi connectivity index (χ1) is 15.4. The van der Waals surface area contributed by atoms with E-state index in [0.717, 1.165) is 27.9 Å². The van der Waals surface area contributed by atoms with Crippen molar-refractivity contribution in [3.8, 4) is 22.4 Å². The van der Waals surface area contributed by atoms with Gasteiger partial charge in [0.05, 0.1) is 11.2 Å². The smallest absolute Gasteiger partial charge is 0.326 e. The van der Waals surface area contributed by atoms with Gasteiger partial charge in [0.1, 0.15) is 12.2 Å². The number of aromatic nitrogens is 4. The summed E-state index contributed by atoms with van der Waals surface area (Å²) in [7, 11) is 0. The van der Waals surface area contributed by atoms with E-state index in [1.807, 2.05) is 60.7 Å². The molecule has 32 heavy (non-hydrogen) atoms. The molecule has 0 fully saturated rings. The third-order valence-corrected chi connectivity index (χ3v) is 5.35. The van der Waals surface area contributed by atoms with Crippen molar-refractivity contribution in [3.63, 3.8) is 0 Å². The molecule has 0 saturated carbocycles. The summed E-state index contributed by atoms with van der Waals surface area (Å²) >= 11 is 0. The van der Waals surface area contributed by atoms with Crippen LogP contribution in [0.1, 0.15) is 11.4 Å². The van der Waals surface area contributed by atoms with Crippen LogP contribution in [0, 0.1) is 0 Å². The fourth-order valence-corrected chi connectivity index (χ4v) is 3.80. The van der Waals surface area contributed by atoms with Crippen LogP contribution in [0.5, 0.6) is 0 Å². The minimum atomic E-state index is -4.37. The lowest BCUT2D eigenvalue weighted by atomic mass is 9.97. The van der Waals surface area contributed by atoms with E-state index < -0.39 is 12.6 Å². The number of nitrogens with zero attached hydrogens (tertiary/aromatic N) is 4. The van der Waals surface area contributed by atoms with Crippen LogP contribution in [0.15, 0.2) is 72.9 Å². The first kappa shape index (κ1) is 20.1. The highest BCUT2D eigenvalue weighted by Crippen LogP contribution is 2.35. The number of hydrogen-bond acceptors (Lipinski definition) is 4. The summed E-state index contributed by atoms with van der Waals surface area (Å²) in [5.41, 5.74) is 11.2. The topological polar surface area (TPSA) is 69.1 Å². The van der Waals surface area contributed by atoms with Gasteiger partial charge in [-0.05, 0) is 23.3 Å². The molecule has 0 aliphatic carbocycles. The van der Waals surface area contributed by atoms with Gasteiger partial charge in [-0.15, -0.1) is 10.2 Å². The molecule has 0 aliphatic rings. The quantitative estimate of drug-likeness (QED) is 0.424. The van der Waals surface area contributed by atoms with Crippen molar-refractivity contribution >= 4 is 16.6 Å². The second kappa shape index (κ2) is 7.72. The van der Waals surface area contributed by atoms with E-state index in [0.29, 0.717) is 23.1 Å². The van der Waals surface area contributed by atoms with Crippen LogP contribution in [0.25, 0.3) is 38.9 Å². The molecule has 8 heteroatoms. The number of nitrogens with two attached hydrogens (primary N) is 1. The molecule has 5 nitrogen and oxygen atoms in total. The number of halogens is 3. The molecule has 160 valence electrons. The Balaban J connectivity index is 1.75. The van der Waals surface area contributed by atoms with Gasteiger partial charge >= 0.3 is 6.18 Å². The van der Waals surface area contributed by atoms with Crippen molar-refractivity contribution in [2.75, 3.05) is 0 Å². The van der Waals surface area contributed by atoms with Gasteiger partial charge in [-0.3, -0.25) is 4.40 Å². The summed E-state index contributed by atoms with van der Waals surface area (Å²) in [4.78, 5) is 4.88. The molecule has 0 unspecified atom stereocenters. The molecule has 3 heterocycles. The lowest BCUT2D eigenvalue weighted by molar-refractivity contribution is -0.128. The highest BCUT2D eigenvalue weighted by molar-refractivity contribution is 5.98. The molecule has 0 spiro atoms. The van der Waals surface area contributed by atoms with Crippen LogP contribution in [0.3, 0.4) is 0 Å². The molecular formula is C24H18F3N5. The van der Waals surface area contributed by atoms with Crippen LogP contribution in [-0.2, 0) is 13.0 Å². The van der Waals surface area contributed by atoms with Crippen molar-refractivity contribution in [1.29, 1.82) is 0 Å². The average Bonchev–Trinajstić information content (AvgIpc) is 3.20. The largest absolute Gasteiger partial charge is 0.396 e. The predicted octanol–water partition coefficient (Wildman–Crippen LogP) is 5.18. The standard InChI is InChI=1S/C24H18F3N5/c25-24(26,27)13-21-30-31-23-19-12-18(16-4-2-1-3-5-16)22(29-20(19)10-11-32(21)23)17-8-6-15(14-28)7-9-17/h1-12H,13-14,28H2. The number of benzene rings is 2. The fourth-order valence-electron chi connectivity index (χ4n) is 3.80. The van der Waals surface area contributed by atoms with Crippen molar-refractivity contribution in [2.24, 2.45) is 5.73 Å². The zero-order valence-electron chi connectivity index (χ0n) is 16.8. The van der Waals surface area contributed by atoms with E-state index in [1.54, 1.807) is 6.07 Å². The monoisotopic (exact) mass is 433 g/mol.